The highest BCUT2D eigenvalue weighted by Crippen LogP contribution is 2.29. The summed E-state index contributed by atoms with van der Waals surface area (Å²) in [6.07, 6.45) is 4.15. The molecule has 152 valence electrons. The Balaban J connectivity index is 1.48. The summed E-state index contributed by atoms with van der Waals surface area (Å²) in [6.45, 7) is 2.77. The molecular weight excluding hydrogens is 372 g/mol. The quantitative estimate of drug-likeness (QED) is 0.643. The zero-order valence-corrected chi connectivity index (χ0v) is 16.3. The fourth-order valence-electron chi connectivity index (χ4n) is 3.35. The van der Waals surface area contributed by atoms with Crippen LogP contribution in [0.2, 0.25) is 0 Å². The normalized spacial score (nSPS) is 14.2. The van der Waals surface area contributed by atoms with Gasteiger partial charge >= 0.3 is 0 Å². The first-order valence-corrected chi connectivity index (χ1v) is 9.55. The minimum atomic E-state index is 0.0815. The summed E-state index contributed by atoms with van der Waals surface area (Å²) in [4.78, 5) is 18.8. The van der Waals surface area contributed by atoms with E-state index in [0.29, 0.717) is 62.2 Å². The van der Waals surface area contributed by atoms with Gasteiger partial charge in [0.15, 0.2) is 11.4 Å². The number of anilines is 1. The van der Waals surface area contributed by atoms with Gasteiger partial charge in [-0.1, -0.05) is 0 Å². The van der Waals surface area contributed by atoms with Crippen LogP contribution < -0.4 is 15.2 Å². The van der Waals surface area contributed by atoms with Crippen LogP contribution in [-0.2, 0) is 9.53 Å². The lowest BCUT2D eigenvalue weighted by Crippen LogP contribution is -2.41. The van der Waals surface area contributed by atoms with E-state index in [9.17, 15) is 4.79 Å². The monoisotopic (exact) mass is 396 g/mol. The van der Waals surface area contributed by atoms with E-state index in [4.69, 9.17) is 24.9 Å². The second-order valence-electron chi connectivity index (χ2n) is 6.78. The molecule has 1 saturated heterocycles. The molecule has 1 aliphatic rings. The second-order valence-corrected chi connectivity index (χ2v) is 6.78. The summed E-state index contributed by atoms with van der Waals surface area (Å²) in [5, 5.41) is 0. The average molecular weight is 396 g/mol. The number of ether oxygens (including phenoxy) is 3. The van der Waals surface area contributed by atoms with Gasteiger partial charge < -0.3 is 29.2 Å². The maximum Gasteiger partial charge on any atom is 0.226 e. The third-order valence-corrected chi connectivity index (χ3v) is 4.91. The minimum Gasteiger partial charge on any atom is -0.495 e. The lowest BCUT2D eigenvalue weighted by atomic mass is 10.1. The van der Waals surface area contributed by atoms with E-state index < -0.39 is 0 Å². The van der Waals surface area contributed by atoms with Gasteiger partial charge in [-0.3, -0.25) is 4.79 Å². The lowest BCUT2D eigenvalue weighted by molar-refractivity contribution is -0.135. The Morgan fingerprint density at radius 2 is 2.07 bits per heavy atom. The van der Waals surface area contributed by atoms with Crippen molar-refractivity contribution in [3.63, 3.8) is 0 Å². The molecule has 1 aliphatic heterocycles. The van der Waals surface area contributed by atoms with Crippen molar-refractivity contribution in [2.24, 2.45) is 0 Å². The number of benzene rings is 1. The van der Waals surface area contributed by atoms with Crippen LogP contribution in [0.4, 0.5) is 5.69 Å². The van der Waals surface area contributed by atoms with E-state index in [1.54, 1.807) is 7.11 Å². The van der Waals surface area contributed by atoms with E-state index in [0.717, 1.165) is 11.3 Å². The van der Waals surface area contributed by atoms with Crippen LogP contribution in [0, 0.1) is 0 Å². The number of pyridine rings is 1. The molecule has 1 fully saturated rings. The zero-order chi connectivity index (χ0) is 20.2. The number of nitrogen functional groups attached to an aromatic ring is 1. The molecule has 1 amide bonds. The number of rotatable bonds is 6. The van der Waals surface area contributed by atoms with Gasteiger partial charge in [0, 0.05) is 31.0 Å². The number of carbonyl (C=O) groups is 1. The van der Waals surface area contributed by atoms with E-state index >= 15 is 0 Å². The number of amides is 1. The molecule has 29 heavy (non-hydrogen) atoms. The first kappa shape index (κ1) is 19.1. The van der Waals surface area contributed by atoms with Crippen LogP contribution in [0.15, 0.2) is 42.7 Å². The molecule has 0 spiro atoms. The largest absolute Gasteiger partial charge is 0.495 e. The van der Waals surface area contributed by atoms with Crippen LogP contribution in [0.3, 0.4) is 0 Å². The first-order valence-electron chi connectivity index (χ1n) is 9.55. The third-order valence-electron chi connectivity index (χ3n) is 4.91. The Morgan fingerprint density at radius 1 is 1.24 bits per heavy atom. The maximum absolute atomic E-state index is 12.3. The zero-order valence-electron chi connectivity index (χ0n) is 16.3. The van der Waals surface area contributed by atoms with Crippen molar-refractivity contribution in [3.8, 4) is 22.8 Å². The van der Waals surface area contributed by atoms with Crippen molar-refractivity contribution in [1.29, 1.82) is 0 Å². The Bertz CT molecular complexity index is 1010. The molecule has 3 aromatic rings. The molecule has 0 bridgehead atoms. The summed E-state index contributed by atoms with van der Waals surface area (Å²) in [7, 11) is 1.59. The number of methoxy groups -OCH3 is 1. The Kier molecular flexibility index (Phi) is 5.53. The van der Waals surface area contributed by atoms with E-state index in [2.05, 4.69) is 0 Å². The van der Waals surface area contributed by atoms with E-state index in [-0.39, 0.29) is 5.91 Å². The number of morpholine rings is 1. The SMILES string of the molecule is COc1ccc(-c2cn3cccc(OCCC(=O)N4CCOCC4)c3n2)cc1N. The molecule has 2 aromatic heterocycles. The highest BCUT2D eigenvalue weighted by atomic mass is 16.5. The number of nitrogens with zero attached hydrogens (tertiary/aromatic N) is 3. The number of hydrogen-bond acceptors (Lipinski definition) is 6. The predicted molar refractivity (Wildman–Crippen MR) is 109 cm³/mol. The van der Waals surface area contributed by atoms with Gasteiger partial charge in [0.1, 0.15) is 5.75 Å². The van der Waals surface area contributed by atoms with Gasteiger partial charge in [-0.25, -0.2) is 4.98 Å². The number of nitrogens with two attached hydrogens (primary N) is 1. The van der Waals surface area contributed by atoms with Crippen molar-refractivity contribution in [1.82, 2.24) is 14.3 Å². The van der Waals surface area contributed by atoms with Gasteiger partial charge in [0.05, 0.1) is 44.7 Å². The van der Waals surface area contributed by atoms with Crippen LogP contribution in [0.5, 0.6) is 11.5 Å². The molecule has 0 aliphatic carbocycles. The van der Waals surface area contributed by atoms with Crippen LogP contribution in [0.1, 0.15) is 6.42 Å². The first-order chi connectivity index (χ1) is 14.2. The van der Waals surface area contributed by atoms with Crippen molar-refractivity contribution in [2.45, 2.75) is 6.42 Å². The molecule has 3 heterocycles. The van der Waals surface area contributed by atoms with Crippen molar-refractivity contribution in [2.75, 3.05) is 45.8 Å². The number of hydrogen-bond donors (Lipinski definition) is 1. The van der Waals surface area contributed by atoms with Gasteiger partial charge in [-0.15, -0.1) is 0 Å². The summed E-state index contributed by atoms with van der Waals surface area (Å²) in [5.41, 5.74) is 8.93. The van der Waals surface area contributed by atoms with E-state index in [1.807, 2.05) is 52.0 Å². The molecule has 1 aromatic carbocycles. The second kappa shape index (κ2) is 8.40. The van der Waals surface area contributed by atoms with Gasteiger partial charge in [0.2, 0.25) is 5.91 Å². The molecule has 8 heteroatoms. The molecule has 0 unspecified atom stereocenters. The van der Waals surface area contributed by atoms with Crippen molar-refractivity contribution >= 4 is 17.2 Å². The molecule has 0 saturated carbocycles. The smallest absolute Gasteiger partial charge is 0.226 e. The summed E-state index contributed by atoms with van der Waals surface area (Å²) in [5.74, 6) is 1.35. The van der Waals surface area contributed by atoms with Crippen LogP contribution >= 0.6 is 0 Å². The average Bonchev–Trinajstić information content (AvgIpc) is 3.19. The van der Waals surface area contributed by atoms with Gasteiger partial charge in [-0.2, -0.15) is 0 Å². The van der Waals surface area contributed by atoms with Gasteiger partial charge in [-0.05, 0) is 30.3 Å². The fraction of sp³-hybridized carbons (Fsp3) is 0.333. The van der Waals surface area contributed by atoms with Crippen LogP contribution in [-0.4, -0.2) is 60.2 Å². The Labute approximate surface area is 168 Å². The molecule has 0 atom stereocenters. The number of aromatic nitrogens is 2. The summed E-state index contributed by atoms with van der Waals surface area (Å²) < 4.78 is 18.3. The standard InChI is InChI=1S/C21H24N4O4/c1-27-18-5-4-15(13-16(18)22)17-14-25-7-2-3-19(21(25)23-17)29-10-6-20(26)24-8-11-28-12-9-24/h2-5,7,13-14H,6,8-12,22H2,1H3. The fourth-order valence-corrected chi connectivity index (χ4v) is 3.35. The minimum absolute atomic E-state index is 0.0815. The van der Waals surface area contributed by atoms with Crippen molar-refractivity contribution < 1.29 is 19.0 Å². The maximum atomic E-state index is 12.3. The predicted octanol–water partition coefficient (Wildman–Crippen LogP) is 2.22. The third kappa shape index (κ3) is 4.12. The van der Waals surface area contributed by atoms with Crippen LogP contribution in [0.25, 0.3) is 16.9 Å². The Morgan fingerprint density at radius 3 is 2.83 bits per heavy atom. The topological polar surface area (TPSA) is 91.3 Å². The number of carbonyl (C=O) groups excluding carboxylic acids is 1. The van der Waals surface area contributed by atoms with Gasteiger partial charge in [0.25, 0.3) is 0 Å². The number of fused-ring (bicyclic) bond motifs is 1. The number of imidazole rings is 1. The molecule has 2 N–H and O–H groups in total. The molecule has 8 nitrogen and oxygen atoms in total. The van der Waals surface area contributed by atoms with E-state index in [1.165, 1.54) is 0 Å². The highest BCUT2D eigenvalue weighted by molar-refractivity contribution is 5.76. The molecule has 0 radical (unpaired) electrons. The molecule has 4 rings (SSSR count). The lowest BCUT2D eigenvalue weighted by Gasteiger charge is -2.26. The Hall–Kier alpha value is -3.26. The summed E-state index contributed by atoms with van der Waals surface area (Å²) in [6, 6.07) is 9.32. The van der Waals surface area contributed by atoms with Crippen molar-refractivity contribution in [3.05, 3.63) is 42.7 Å². The molecular formula is C21H24N4O4. The highest BCUT2D eigenvalue weighted by Gasteiger charge is 2.17. The summed E-state index contributed by atoms with van der Waals surface area (Å²) >= 11 is 0.